The van der Waals surface area contributed by atoms with E-state index in [9.17, 15) is 19.2 Å². The zero-order chi connectivity index (χ0) is 17.4. The van der Waals surface area contributed by atoms with E-state index >= 15 is 0 Å². The molecule has 3 atom stereocenters. The summed E-state index contributed by atoms with van der Waals surface area (Å²) in [5, 5.41) is 19.7. The minimum absolute atomic E-state index is 0.0883. The monoisotopic (exact) mass is 352 g/mol. The second-order valence-corrected chi connectivity index (χ2v) is 5.22. The number of carbonyl (C=O) groups excluding carboxylic acids is 2. The molecule has 125 valence electrons. The Balaban J connectivity index is 4.58. The Hall–Kier alpha value is -1.46. The molecular formula is C11H18N3O6S2. The number of carbonyl (C=O) groups is 4. The van der Waals surface area contributed by atoms with Gasteiger partial charge in [0.15, 0.2) is 0 Å². The average Bonchev–Trinajstić information content (AvgIpc) is 2.47. The molecule has 0 saturated heterocycles. The van der Waals surface area contributed by atoms with Crippen LogP contribution < -0.4 is 11.1 Å². The number of aliphatic carboxylic acids is 2. The highest BCUT2D eigenvalue weighted by Crippen LogP contribution is 2.08. The highest BCUT2D eigenvalue weighted by Gasteiger charge is 2.30. The second kappa shape index (κ2) is 9.54. The van der Waals surface area contributed by atoms with Gasteiger partial charge >= 0.3 is 11.9 Å². The number of hydrogen-bond acceptors (Lipinski definition) is 6. The minimum atomic E-state index is -1.28. The number of carboxylic acid groups (broad SMARTS) is 2. The third-order valence-corrected chi connectivity index (χ3v) is 3.60. The van der Waals surface area contributed by atoms with Gasteiger partial charge in [0, 0.05) is 25.0 Å². The smallest absolute Gasteiger partial charge is 0.327 e. The van der Waals surface area contributed by atoms with Gasteiger partial charge in [0.25, 0.3) is 5.91 Å². The van der Waals surface area contributed by atoms with Gasteiger partial charge < -0.3 is 21.3 Å². The maximum atomic E-state index is 12.0. The van der Waals surface area contributed by atoms with Gasteiger partial charge in [-0.15, -0.1) is 0 Å². The molecule has 2 amide bonds. The lowest BCUT2D eigenvalue weighted by atomic mass is 10.1. The molecule has 0 aromatic carbocycles. The van der Waals surface area contributed by atoms with Gasteiger partial charge in [0.1, 0.15) is 18.1 Å². The van der Waals surface area contributed by atoms with Gasteiger partial charge in [-0.3, -0.25) is 18.7 Å². The van der Waals surface area contributed by atoms with Crippen LogP contribution in [-0.2, 0) is 19.2 Å². The van der Waals surface area contributed by atoms with E-state index < -0.39 is 41.9 Å². The van der Waals surface area contributed by atoms with Crippen LogP contribution in [0.25, 0.3) is 0 Å². The molecule has 22 heavy (non-hydrogen) atoms. The zero-order valence-electron chi connectivity index (χ0n) is 11.8. The van der Waals surface area contributed by atoms with Crippen molar-refractivity contribution in [1.29, 1.82) is 0 Å². The fraction of sp³-hybridized carbons (Fsp3) is 0.636. The first kappa shape index (κ1) is 20.5. The summed E-state index contributed by atoms with van der Waals surface area (Å²) >= 11 is 8.63. The van der Waals surface area contributed by atoms with Crippen molar-refractivity contribution in [2.75, 3.05) is 5.75 Å². The van der Waals surface area contributed by atoms with Gasteiger partial charge in [0.05, 0.1) is 0 Å². The van der Waals surface area contributed by atoms with Crippen LogP contribution in [0.15, 0.2) is 0 Å². The number of amides is 2. The predicted octanol–water partition coefficient (Wildman–Crippen LogP) is -0.993. The standard InChI is InChI=1S/C11H18N3O6S2/c1-5(10(17)18)14(22)9(16)7(4-21)13-8(15)3-2-6(12)11(19)20/h5-7,21H,2-4,12H2,1H3,(H,13,15)(H,17,18)(H,19,20). The first-order valence-electron chi connectivity index (χ1n) is 6.23. The molecule has 9 nitrogen and oxygen atoms in total. The molecule has 0 aromatic heterocycles. The Morgan fingerprint density at radius 2 is 1.82 bits per heavy atom. The maximum absolute atomic E-state index is 12.0. The number of nitrogens with one attached hydrogen (secondary N) is 1. The van der Waals surface area contributed by atoms with Crippen molar-refractivity contribution in [3.8, 4) is 0 Å². The van der Waals surface area contributed by atoms with Crippen LogP contribution in [0, 0.1) is 0 Å². The largest absolute Gasteiger partial charge is 0.480 e. The molecule has 0 heterocycles. The van der Waals surface area contributed by atoms with Crippen molar-refractivity contribution < 1.29 is 29.4 Å². The van der Waals surface area contributed by atoms with E-state index in [1.807, 2.05) is 0 Å². The van der Waals surface area contributed by atoms with Crippen molar-refractivity contribution in [1.82, 2.24) is 9.62 Å². The van der Waals surface area contributed by atoms with E-state index in [2.05, 4.69) is 17.9 Å². The van der Waals surface area contributed by atoms with Crippen LogP contribution >= 0.6 is 25.4 Å². The highest BCUT2D eigenvalue weighted by molar-refractivity contribution is 7.80. The van der Waals surface area contributed by atoms with Gasteiger partial charge in [-0.05, 0) is 13.3 Å². The van der Waals surface area contributed by atoms with E-state index in [4.69, 9.17) is 28.8 Å². The SMILES string of the molecule is CC(C(=O)O)N([S])C(=O)C(CS)NC(=O)CCC(N)C(=O)O. The number of rotatable bonds is 9. The van der Waals surface area contributed by atoms with Crippen LogP contribution in [0.1, 0.15) is 19.8 Å². The molecule has 0 spiro atoms. The summed E-state index contributed by atoms with van der Waals surface area (Å²) in [6.07, 6.45) is -0.297. The summed E-state index contributed by atoms with van der Waals surface area (Å²) in [5.74, 6) is -3.98. The first-order valence-corrected chi connectivity index (χ1v) is 7.23. The van der Waals surface area contributed by atoms with Crippen LogP contribution in [-0.4, -0.2) is 62.1 Å². The fourth-order valence-electron chi connectivity index (χ4n) is 1.31. The van der Waals surface area contributed by atoms with Crippen LogP contribution in [0.4, 0.5) is 0 Å². The maximum Gasteiger partial charge on any atom is 0.327 e. The van der Waals surface area contributed by atoms with Crippen molar-refractivity contribution in [3.05, 3.63) is 0 Å². The lowest BCUT2D eigenvalue weighted by Gasteiger charge is -2.24. The number of carboxylic acids is 2. The summed E-state index contributed by atoms with van der Waals surface area (Å²) in [5.41, 5.74) is 5.26. The number of hydrogen-bond donors (Lipinski definition) is 5. The molecule has 0 rings (SSSR count). The Bertz CT molecular complexity index is 448. The summed E-state index contributed by atoms with van der Waals surface area (Å²) in [4.78, 5) is 44.9. The third kappa shape index (κ3) is 6.54. The van der Waals surface area contributed by atoms with E-state index in [-0.39, 0.29) is 18.6 Å². The second-order valence-electron chi connectivity index (χ2n) is 4.46. The Morgan fingerprint density at radius 3 is 2.23 bits per heavy atom. The van der Waals surface area contributed by atoms with Gasteiger partial charge in [0.2, 0.25) is 5.91 Å². The molecule has 0 fully saturated rings. The Kier molecular flexibility index (Phi) is 8.90. The molecule has 1 radical (unpaired) electrons. The summed E-state index contributed by atoms with van der Waals surface area (Å²) in [7, 11) is 0. The number of thiol groups is 1. The molecule has 5 N–H and O–H groups in total. The van der Waals surface area contributed by atoms with Gasteiger partial charge in [-0.1, -0.05) is 0 Å². The van der Waals surface area contributed by atoms with Gasteiger partial charge in [-0.2, -0.15) is 12.6 Å². The third-order valence-electron chi connectivity index (χ3n) is 2.74. The van der Waals surface area contributed by atoms with Crippen molar-refractivity contribution in [3.63, 3.8) is 0 Å². The first-order chi connectivity index (χ1) is 10.1. The van der Waals surface area contributed by atoms with Crippen molar-refractivity contribution in [2.24, 2.45) is 5.73 Å². The zero-order valence-corrected chi connectivity index (χ0v) is 13.5. The quantitative estimate of drug-likeness (QED) is 0.334. The van der Waals surface area contributed by atoms with E-state index in [1.165, 1.54) is 6.92 Å². The normalized spacial score (nSPS) is 14.5. The predicted molar refractivity (Wildman–Crippen MR) is 82.2 cm³/mol. The molecule has 0 aliphatic carbocycles. The summed E-state index contributed by atoms with van der Waals surface area (Å²) in [6, 6.07) is -3.52. The molecular weight excluding hydrogens is 334 g/mol. The van der Waals surface area contributed by atoms with Crippen LogP contribution in [0.3, 0.4) is 0 Å². The highest BCUT2D eigenvalue weighted by atomic mass is 32.1. The van der Waals surface area contributed by atoms with Crippen molar-refractivity contribution in [2.45, 2.75) is 37.9 Å². The summed E-state index contributed by atoms with van der Waals surface area (Å²) < 4.78 is 0.576. The lowest BCUT2D eigenvalue weighted by molar-refractivity contribution is -0.145. The fourth-order valence-corrected chi connectivity index (χ4v) is 1.77. The van der Waals surface area contributed by atoms with Crippen LogP contribution in [0.5, 0.6) is 0 Å². The Morgan fingerprint density at radius 1 is 1.27 bits per heavy atom. The number of nitrogens with two attached hydrogens (primary N) is 1. The molecule has 0 aliphatic heterocycles. The van der Waals surface area contributed by atoms with Gasteiger partial charge in [-0.25, -0.2) is 4.79 Å². The van der Waals surface area contributed by atoms with E-state index in [0.29, 0.717) is 4.31 Å². The lowest BCUT2D eigenvalue weighted by Crippen LogP contribution is -2.50. The molecule has 0 saturated carbocycles. The molecule has 0 aliphatic rings. The summed E-state index contributed by atoms with van der Waals surface area (Å²) in [6.45, 7) is 1.23. The number of nitrogens with zero attached hydrogens (tertiary/aromatic N) is 1. The van der Waals surface area contributed by atoms with Crippen LogP contribution in [0.2, 0.25) is 0 Å². The molecule has 0 bridgehead atoms. The molecule has 0 aromatic rings. The van der Waals surface area contributed by atoms with Crippen molar-refractivity contribution >= 4 is 49.2 Å². The van der Waals surface area contributed by atoms with E-state index in [0.717, 1.165) is 0 Å². The molecule has 11 heteroatoms. The molecule has 3 unspecified atom stereocenters. The minimum Gasteiger partial charge on any atom is -0.480 e. The van der Waals surface area contributed by atoms with E-state index in [1.54, 1.807) is 0 Å². The topological polar surface area (TPSA) is 150 Å². The Labute approximate surface area is 138 Å². The average molecular weight is 352 g/mol.